The number of rotatable bonds is 2. The molecule has 1 aliphatic rings. The Hall–Kier alpha value is -1.55. The number of aliphatic imine (C=N–C) groups is 1. The van der Waals surface area contributed by atoms with Crippen molar-refractivity contribution in [2.45, 2.75) is 25.8 Å². The van der Waals surface area contributed by atoms with Gasteiger partial charge in [-0.3, -0.25) is 0 Å². The molecule has 1 heterocycles. The van der Waals surface area contributed by atoms with Crippen molar-refractivity contribution in [3.8, 4) is 0 Å². The molecule has 0 amide bonds. The van der Waals surface area contributed by atoms with Crippen LogP contribution in [0.4, 0.5) is 5.69 Å². The Morgan fingerprint density at radius 3 is 2.76 bits per heavy atom. The minimum atomic E-state index is -0.788. The highest BCUT2D eigenvalue weighted by atomic mass is 35.5. The number of nitrogens with one attached hydrogen (secondary N) is 1. The average Bonchev–Trinajstić information content (AvgIpc) is 2.59. The van der Waals surface area contributed by atoms with Gasteiger partial charge in [-0.1, -0.05) is 30.7 Å². The molecular formula is C12H13ClN2O2. The van der Waals surface area contributed by atoms with Gasteiger partial charge < -0.3 is 10.1 Å². The Morgan fingerprint density at radius 2 is 2.18 bits per heavy atom. The zero-order chi connectivity index (χ0) is 12.5. The summed E-state index contributed by atoms with van der Waals surface area (Å²) in [6.45, 7) is 3.64. The molecule has 0 bridgehead atoms. The van der Waals surface area contributed by atoms with Crippen molar-refractivity contribution in [2.75, 3.05) is 5.32 Å². The highest BCUT2D eigenvalue weighted by Gasteiger charge is 2.40. The van der Waals surface area contributed by atoms with Gasteiger partial charge in [-0.25, -0.2) is 9.79 Å². The fourth-order valence-corrected chi connectivity index (χ4v) is 1.63. The summed E-state index contributed by atoms with van der Waals surface area (Å²) in [5.74, 6) is -0.338. The molecule has 1 aliphatic heterocycles. The normalized spacial score (nSPS) is 23.2. The molecule has 0 spiro atoms. The van der Waals surface area contributed by atoms with Crippen LogP contribution in [0.3, 0.4) is 0 Å². The number of benzene rings is 1. The number of nitrogens with zero attached hydrogens (tertiary/aromatic N) is 1. The van der Waals surface area contributed by atoms with E-state index in [4.69, 9.17) is 16.3 Å². The number of cyclic esters (lactones) is 1. The van der Waals surface area contributed by atoms with E-state index < -0.39 is 5.54 Å². The van der Waals surface area contributed by atoms with E-state index in [1.165, 1.54) is 0 Å². The van der Waals surface area contributed by atoms with Crippen LogP contribution in [0.2, 0.25) is 5.02 Å². The number of para-hydroxylation sites is 1. The van der Waals surface area contributed by atoms with E-state index in [0.717, 1.165) is 0 Å². The lowest BCUT2D eigenvalue weighted by atomic mass is 10.0. The van der Waals surface area contributed by atoms with Crippen molar-refractivity contribution in [2.24, 2.45) is 4.99 Å². The van der Waals surface area contributed by atoms with Crippen molar-refractivity contribution in [3.05, 3.63) is 29.3 Å². The predicted octanol–water partition coefficient (Wildman–Crippen LogP) is 2.83. The highest BCUT2D eigenvalue weighted by molar-refractivity contribution is 6.33. The summed E-state index contributed by atoms with van der Waals surface area (Å²) in [6.07, 6.45) is 0.597. The van der Waals surface area contributed by atoms with Crippen molar-refractivity contribution in [1.82, 2.24) is 0 Å². The maximum absolute atomic E-state index is 11.6. The third kappa shape index (κ3) is 2.26. The maximum Gasteiger partial charge on any atom is 0.341 e. The second kappa shape index (κ2) is 4.37. The molecule has 4 nitrogen and oxygen atoms in total. The standard InChI is InChI=1S/C12H13ClN2O2/c1-3-12(2)10(16)17-11(15-12)14-9-7-5-4-6-8(9)13/h4-7H,3H2,1-2H3,(H,14,15). The van der Waals surface area contributed by atoms with Gasteiger partial charge in [0.05, 0.1) is 10.7 Å². The molecule has 0 aliphatic carbocycles. The summed E-state index contributed by atoms with van der Waals surface area (Å²) in [4.78, 5) is 15.8. The van der Waals surface area contributed by atoms with Crippen LogP contribution in [0.1, 0.15) is 20.3 Å². The minimum absolute atomic E-state index is 0.201. The molecule has 0 aromatic heterocycles. The number of amidine groups is 1. The van der Waals surface area contributed by atoms with Gasteiger partial charge in [-0.15, -0.1) is 0 Å². The maximum atomic E-state index is 11.6. The first-order chi connectivity index (χ1) is 8.05. The van der Waals surface area contributed by atoms with Crippen molar-refractivity contribution < 1.29 is 9.53 Å². The Morgan fingerprint density at radius 1 is 1.47 bits per heavy atom. The number of carbonyl (C=O) groups is 1. The Labute approximate surface area is 105 Å². The molecule has 1 aromatic carbocycles. The summed E-state index contributed by atoms with van der Waals surface area (Å²) in [5.41, 5.74) is -0.120. The van der Waals surface area contributed by atoms with Crippen LogP contribution in [0, 0.1) is 0 Å². The van der Waals surface area contributed by atoms with Crippen molar-refractivity contribution >= 4 is 29.3 Å². The first-order valence-electron chi connectivity index (χ1n) is 5.39. The van der Waals surface area contributed by atoms with Gasteiger partial charge in [0.1, 0.15) is 0 Å². The van der Waals surface area contributed by atoms with Gasteiger partial charge in [0, 0.05) is 0 Å². The molecule has 17 heavy (non-hydrogen) atoms. The molecule has 1 atom stereocenters. The largest absolute Gasteiger partial charge is 0.391 e. The quantitative estimate of drug-likeness (QED) is 0.824. The predicted molar refractivity (Wildman–Crippen MR) is 67.3 cm³/mol. The van der Waals surface area contributed by atoms with Gasteiger partial charge in [-0.2, -0.15) is 0 Å². The van der Waals surface area contributed by atoms with Gasteiger partial charge in [-0.05, 0) is 25.5 Å². The molecule has 5 heteroatoms. The molecule has 90 valence electrons. The lowest BCUT2D eigenvalue weighted by molar-refractivity contribution is -0.138. The zero-order valence-electron chi connectivity index (χ0n) is 9.66. The molecule has 1 unspecified atom stereocenters. The van der Waals surface area contributed by atoms with E-state index in [2.05, 4.69) is 10.3 Å². The minimum Gasteiger partial charge on any atom is -0.391 e. The first-order valence-corrected chi connectivity index (χ1v) is 5.76. The number of esters is 1. The number of carbonyl (C=O) groups excluding carboxylic acids is 1. The Bertz CT molecular complexity index is 487. The zero-order valence-corrected chi connectivity index (χ0v) is 10.4. The third-order valence-electron chi connectivity index (χ3n) is 2.78. The molecule has 0 fully saturated rings. The molecule has 1 aromatic rings. The van der Waals surface area contributed by atoms with E-state index in [-0.39, 0.29) is 12.0 Å². The van der Waals surface area contributed by atoms with E-state index in [1.807, 2.05) is 19.1 Å². The summed E-state index contributed by atoms with van der Waals surface area (Å²) < 4.78 is 5.07. The summed E-state index contributed by atoms with van der Waals surface area (Å²) >= 11 is 5.99. The van der Waals surface area contributed by atoms with E-state index >= 15 is 0 Å². The fourth-order valence-electron chi connectivity index (χ4n) is 1.44. The van der Waals surface area contributed by atoms with Gasteiger partial charge in [0.15, 0.2) is 5.54 Å². The van der Waals surface area contributed by atoms with Crippen LogP contribution in [0.5, 0.6) is 0 Å². The smallest absolute Gasteiger partial charge is 0.341 e. The van der Waals surface area contributed by atoms with Crippen LogP contribution in [0.15, 0.2) is 29.3 Å². The topological polar surface area (TPSA) is 50.7 Å². The third-order valence-corrected chi connectivity index (χ3v) is 3.11. The fraction of sp³-hybridized carbons (Fsp3) is 0.333. The Kier molecular flexibility index (Phi) is 3.07. The lowest BCUT2D eigenvalue weighted by Gasteiger charge is -2.10. The van der Waals surface area contributed by atoms with Crippen LogP contribution in [0.25, 0.3) is 0 Å². The summed E-state index contributed by atoms with van der Waals surface area (Å²) in [7, 11) is 0. The van der Waals surface area contributed by atoms with Crippen molar-refractivity contribution in [3.63, 3.8) is 0 Å². The Balaban J connectivity index is 2.20. The monoisotopic (exact) mass is 252 g/mol. The van der Waals surface area contributed by atoms with Gasteiger partial charge >= 0.3 is 5.97 Å². The average molecular weight is 253 g/mol. The van der Waals surface area contributed by atoms with E-state index in [0.29, 0.717) is 17.1 Å². The molecule has 0 saturated carbocycles. The number of hydrogen-bond donors (Lipinski definition) is 1. The number of hydrogen-bond acceptors (Lipinski definition) is 4. The first kappa shape index (κ1) is 11.9. The second-order valence-electron chi connectivity index (χ2n) is 4.04. The molecular weight excluding hydrogens is 240 g/mol. The van der Waals surface area contributed by atoms with Crippen LogP contribution in [-0.4, -0.2) is 17.5 Å². The van der Waals surface area contributed by atoms with Crippen molar-refractivity contribution in [1.29, 1.82) is 0 Å². The lowest BCUT2D eigenvalue weighted by Crippen LogP contribution is -2.28. The van der Waals surface area contributed by atoms with Crippen LogP contribution < -0.4 is 5.32 Å². The number of halogens is 1. The van der Waals surface area contributed by atoms with E-state index in [1.54, 1.807) is 19.1 Å². The van der Waals surface area contributed by atoms with E-state index in [9.17, 15) is 4.79 Å². The molecule has 0 radical (unpaired) electrons. The molecule has 1 N–H and O–H groups in total. The van der Waals surface area contributed by atoms with Crippen LogP contribution in [-0.2, 0) is 9.53 Å². The highest BCUT2D eigenvalue weighted by Crippen LogP contribution is 2.26. The summed E-state index contributed by atoms with van der Waals surface area (Å²) in [6, 6.07) is 7.41. The molecule has 2 rings (SSSR count). The summed E-state index contributed by atoms with van der Waals surface area (Å²) in [5, 5.41) is 3.46. The SMILES string of the molecule is CCC1(C)N=C(Nc2ccccc2Cl)OC1=O. The van der Waals surface area contributed by atoms with Crippen LogP contribution >= 0.6 is 11.6 Å². The van der Waals surface area contributed by atoms with Gasteiger partial charge in [0.25, 0.3) is 6.02 Å². The van der Waals surface area contributed by atoms with Gasteiger partial charge in [0.2, 0.25) is 0 Å². The number of anilines is 1. The second-order valence-corrected chi connectivity index (χ2v) is 4.45. The number of ether oxygens (including phenoxy) is 1. The molecule has 0 saturated heterocycles.